The third-order valence-corrected chi connectivity index (χ3v) is 2.96. The van der Waals surface area contributed by atoms with Gasteiger partial charge >= 0.3 is 0 Å². The van der Waals surface area contributed by atoms with E-state index in [0.29, 0.717) is 6.61 Å². The van der Waals surface area contributed by atoms with Crippen molar-refractivity contribution in [3.8, 4) is 11.5 Å². The van der Waals surface area contributed by atoms with Gasteiger partial charge in [-0.25, -0.2) is 0 Å². The summed E-state index contributed by atoms with van der Waals surface area (Å²) in [5, 5.41) is 0. The van der Waals surface area contributed by atoms with Crippen molar-refractivity contribution in [2.24, 2.45) is 0 Å². The summed E-state index contributed by atoms with van der Waals surface area (Å²) in [5.74, 6) is 1.61. The van der Waals surface area contributed by atoms with E-state index in [2.05, 4.69) is 19.1 Å². The van der Waals surface area contributed by atoms with Gasteiger partial charge in [0.15, 0.2) is 11.5 Å². The predicted octanol–water partition coefficient (Wildman–Crippen LogP) is 4.62. The number of para-hydroxylation sites is 2. The molecule has 0 radical (unpaired) electrons. The topological polar surface area (TPSA) is 18.5 Å². The summed E-state index contributed by atoms with van der Waals surface area (Å²) < 4.78 is 11.7. The second kappa shape index (κ2) is 6.83. The molecule has 2 aromatic carbocycles. The fourth-order valence-corrected chi connectivity index (χ4v) is 2.03. The minimum Gasteiger partial charge on any atom is -0.490 e. The largest absolute Gasteiger partial charge is 0.490 e. The summed E-state index contributed by atoms with van der Waals surface area (Å²) in [6, 6.07) is 18.1. The Bertz CT molecular complexity index is 494. The van der Waals surface area contributed by atoms with E-state index in [1.54, 1.807) is 0 Å². The highest BCUT2D eigenvalue weighted by Crippen LogP contribution is 2.32. The van der Waals surface area contributed by atoms with Gasteiger partial charge in [0.25, 0.3) is 0 Å². The van der Waals surface area contributed by atoms with Crippen LogP contribution in [0.1, 0.15) is 31.9 Å². The number of hydrogen-bond donors (Lipinski definition) is 0. The van der Waals surface area contributed by atoms with Crippen LogP contribution in [0.4, 0.5) is 0 Å². The van der Waals surface area contributed by atoms with Crippen LogP contribution in [0.2, 0.25) is 0 Å². The molecule has 0 saturated carbocycles. The van der Waals surface area contributed by atoms with Crippen molar-refractivity contribution < 1.29 is 9.47 Å². The standard InChI is InChI=1S/C17H20O2/c1-3-15(14-10-6-5-7-11-14)19-17-13-9-8-12-16(17)18-4-2/h5-13,15H,3-4H2,1-2H3. The fraction of sp³-hybridized carbons (Fsp3) is 0.294. The first-order valence-electron chi connectivity index (χ1n) is 6.78. The van der Waals surface area contributed by atoms with E-state index in [1.807, 2.05) is 49.4 Å². The average molecular weight is 256 g/mol. The maximum absolute atomic E-state index is 6.11. The molecule has 19 heavy (non-hydrogen) atoms. The average Bonchev–Trinajstić information content (AvgIpc) is 2.47. The summed E-state index contributed by atoms with van der Waals surface area (Å²) in [7, 11) is 0. The summed E-state index contributed by atoms with van der Waals surface area (Å²) in [6.45, 7) is 4.74. The molecule has 0 saturated heterocycles. The van der Waals surface area contributed by atoms with Crippen LogP contribution in [0.15, 0.2) is 54.6 Å². The van der Waals surface area contributed by atoms with E-state index >= 15 is 0 Å². The van der Waals surface area contributed by atoms with Gasteiger partial charge in [0.1, 0.15) is 6.10 Å². The van der Waals surface area contributed by atoms with E-state index in [9.17, 15) is 0 Å². The molecule has 0 aromatic heterocycles. The van der Waals surface area contributed by atoms with Gasteiger partial charge in [0.05, 0.1) is 6.61 Å². The van der Waals surface area contributed by atoms with Gasteiger partial charge in [0.2, 0.25) is 0 Å². The fourth-order valence-electron chi connectivity index (χ4n) is 2.03. The third-order valence-electron chi connectivity index (χ3n) is 2.96. The van der Waals surface area contributed by atoms with Gasteiger partial charge in [-0.2, -0.15) is 0 Å². The van der Waals surface area contributed by atoms with Gasteiger partial charge in [-0.3, -0.25) is 0 Å². The van der Waals surface area contributed by atoms with Gasteiger partial charge < -0.3 is 9.47 Å². The minimum atomic E-state index is 0.0582. The maximum atomic E-state index is 6.11. The molecule has 0 N–H and O–H groups in total. The first-order valence-corrected chi connectivity index (χ1v) is 6.78. The van der Waals surface area contributed by atoms with Crippen molar-refractivity contribution in [1.82, 2.24) is 0 Å². The molecule has 0 amide bonds. The lowest BCUT2D eigenvalue weighted by atomic mass is 10.1. The highest BCUT2D eigenvalue weighted by Gasteiger charge is 2.13. The van der Waals surface area contributed by atoms with E-state index < -0.39 is 0 Å². The molecule has 2 nitrogen and oxygen atoms in total. The Kier molecular flexibility index (Phi) is 4.85. The van der Waals surface area contributed by atoms with Crippen LogP contribution >= 0.6 is 0 Å². The van der Waals surface area contributed by atoms with E-state index in [-0.39, 0.29) is 6.10 Å². The summed E-state index contributed by atoms with van der Waals surface area (Å²) >= 11 is 0. The zero-order chi connectivity index (χ0) is 13.5. The highest BCUT2D eigenvalue weighted by molar-refractivity contribution is 5.40. The number of benzene rings is 2. The second-order valence-electron chi connectivity index (χ2n) is 4.31. The quantitative estimate of drug-likeness (QED) is 0.751. The molecule has 0 spiro atoms. The Labute approximate surface area is 115 Å². The Morgan fingerprint density at radius 3 is 2.11 bits per heavy atom. The van der Waals surface area contributed by atoms with Crippen LogP contribution in [-0.4, -0.2) is 6.61 Å². The Morgan fingerprint density at radius 2 is 1.47 bits per heavy atom. The molecule has 0 aliphatic rings. The zero-order valence-electron chi connectivity index (χ0n) is 11.5. The third kappa shape index (κ3) is 3.50. The van der Waals surface area contributed by atoms with Gasteiger partial charge in [-0.15, -0.1) is 0 Å². The molecule has 2 rings (SSSR count). The maximum Gasteiger partial charge on any atom is 0.162 e. The van der Waals surface area contributed by atoms with E-state index in [4.69, 9.17) is 9.47 Å². The van der Waals surface area contributed by atoms with Crippen LogP contribution in [0.25, 0.3) is 0 Å². The molecule has 2 aromatic rings. The first-order chi connectivity index (χ1) is 9.35. The summed E-state index contributed by atoms with van der Waals surface area (Å²) in [6.07, 6.45) is 0.979. The molecule has 0 aliphatic carbocycles. The second-order valence-corrected chi connectivity index (χ2v) is 4.31. The van der Waals surface area contributed by atoms with Crippen LogP contribution in [0.3, 0.4) is 0 Å². The lowest BCUT2D eigenvalue weighted by Gasteiger charge is -2.20. The van der Waals surface area contributed by atoms with Crippen molar-refractivity contribution in [1.29, 1.82) is 0 Å². The SMILES string of the molecule is CCOc1ccccc1OC(CC)c1ccccc1. The Hall–Kier alpha value is -1.96. The highest BCUT2D eigenvalue weighted by atomic mass is 16.5. The van der Waals surface area contributed by atoms with Crippen LogP contribution in [0.5, 0.6) is 11.5 Å². The lowest BCUT2D eigenvalue weighted by molar-refractivity contribution is 0.189. The van der Waals surface area contributed by atoms with E-state index in [0.717, 1.165) is 17.9 Å². The van der Waals surface area contributed by atoms with Crippen molar-refractivity contribution in [3.63, 3.8) is 0 Å². The number of ether oxygens (including phenoxy) is 2. The Balaban J connectivity index is 2.19. The van der Waals surface area contributed by atoms with Gasteiger partial charge in [-0.1, -0.05) is 49.4 Å². The molecule has 100 valence electrons. The number of hydrogen-bond acceptors (Lipinski definition) is 2. The zero-order valence-corrected chi connectivity index (χ0v) is 11.5. The van der Waals surface area contributed by atoms with Crippen molar-refractivity contribution >= 4 is 0 Å². The monoisotopic (exact) mass is 256 g/mol. The van der Waals surface area contributed by atoms with Gasteiger partial charge in [-0.05, 0) is 31.0 Å². The lowest BCUT2D eigenvalue weighted by Crippen LogP contribution is -2.07. The van der Waals surface area contributed by atoms with Crippen molar-refractivity contribution in [2.45, 2.75) is 26.4 Å². The summed E-state index contributed by atoms with van der Waals surface area (Å²) in [4.78, 5) is 0. The van der Waals surface area contributed by atoms with E-state index in [1.165, 1.54) is 5.56 Å². The molecule has 2 heteroatoms. The van der Waals surface area contributed by atoms with Crippen molar-refractivity contribution in [2.75, 3.05) is 6.61 Å². The van der Waals surface area contributed by atoms with Crippen LogP contribution in [-0.2, 0) is 0 Å². The minimum absolute atomic E-state index is 0.0582. The Morgan fingerprint density at radius 1 is 0.842 bits per heavy atom. The molecular weight excluding hydrogens is 236 g/mol. The molecule has 0 fully saturated rings. The first kappa shape index (κ1) is 13.5. The smallest absolute Gasteiger partial charge is 0.162 e. The normalized spacial score (nSPS) is 11.9. The molecular formula is C17H20O2. The molecule has 0 heterocycles. The van der Waals surface area contributed by atoms with Crippen LogP contribution < -0.4 is 9.47 Å². The molecule has 0 bridgehead atoms. The molecule has 1 atom stereocenters. The predicted molar refractivity (Wildman–Crippen MR) is 77.7 cm³/mol. The molecule has 1 unspecified atom stereocenters. The van der Waals surface area contributed by atoms with Crippen LogP contribution in [0, 0.1) is 0 Å². The van der Waals surface area contributed by atoms with Crippen molar-refractivity contribution in [3.05, 3.63) is 60.2 Å². The number of rotatable bonds is 6. The van der Waals surface area contributed by atoms with Gasteiger partial charge in [0, 0.05) is 0 Å². The molecule has 0 aliphatic heterocycles. The summed E-state index contributed by atoms with van der Waals surface area (Å²) in [5.41, 5.74) is 1.19.